The summed E-state index contributed by atoms with van der Waals surface area (Å²) in [6, 6.07) is 10.0. The number of hydrogen-bond donors (Lipinski definition) is 3. The van der Waals surface area contributed by atoms with Crippen LogP contribution in [0, 0.1) is 0 Å². The van der Waals surface area contributed by atoms with E-state index >= 15 is 0 Å². The first-order chi connectivity index (χ1) is 13.8. The minimum absolute atomic E-state index is 0.512. The summed E-state index contributed by atoms with van der Waals surface area (Å²) < 4.78 is 1.97. The van der Waals surface area contributed by atoms with Crippen LogP contribution in [0.1, 0.15) is 12.7 Å². The fourth-order valence-electron chi connectivity index (χ4n) is 3.10. The van der Waals surface area contributed by atoms with E-state index in [1.54, 1.807) is 17.7 Å². The predicted octanol–water partition coefficient (Wildman–Crippen LogP) is 3.80. The molecular formula is C19H18N8S. The molecule has 0 spiro atoms. The summed E-state index contributed by atoms with van der Waals surface area (Å²) in [5.74, 6) is 2.09. The lowest BCUT2D eigenvalue weighted by molar-refractivity contribution is 0.991. The number of nitrogens with one attached hydrogen (secondary N) is 3. The first-order valence-corrected chi connectivity index (χ1v) is 9.95. The zero-order valence-electron chi connectivity index (χ0n) is 15.2. The second kappa shape index (κ2) is 6.93. The van der Waals surface area contributed by atoms with Gasteiger partial charge < -0.3 is 15.6 Å². The molecule has 5 aromatic rings. The van der Waals surface area contributed by atoms with Crippen molar-refractivity contribution < 1.29 is 0 Å². The van der Waals surface area contributed by atoms with Crippen molar-refractivity contribution in [3.05, 3.63) is 53.2 Å². The lowest BCUT2D eigenvalue weighted by atomic mass is 10.3. The summed E-state index contributed by atoms with van der Waals surface area (Å²) in [5, 5.41) is 10.7. The predicted molar refractivity (Wildman–Crippen MR) is 112 cm³/mol. The van der Waals surface area contributed by atoms with E-state index < -0.39 is 0 Å². The van der Waals surface area contributed by atoms with Crippen molar-refractivity contribution in [3.8, 4) is 5.69 Å². The number of aromatic amines is 1. The molecule has 0 radical (unpaired) electrons. The van der Waals surface area contributed by atoms with E-state index in [-0.39, 0.29) is 0 Å². The third-order valence-corrected chi connectivity index (χ3v) is 5.05. The molecule has 8 nitrogen and oxygen atoms in total. The summed E-state index contributed by atoms with van der Waals surface area (Å²) in [6.45, 7) is 3.27. The van der Waals surface area contributed by atoms with Crippen molar-refractivity contribution in [2.75, 3.05) is 17.2 Å². The van der Waals surface area contributed by atoms with Crippen LogP contribution in [-0.2, 0) is 6.54 Å². The molecule has 4 aromatic heterocycles. The topological polar surface area (TPSA) is 96.3 Å². The Hall–Kier alpha value is -3.46. The van der Waals surface area contributed by atoms with Crippen molar-refractivity contribution in [1.29, 1.82) is 0 Å². The van der Waals surface area contributed by atoms with Crippen molar-refractivity contribution in [3.63, 3.8) is 0 Å². The van der Waals surface area contributed by atoms with Crippen LogP contribution in [0.5, 0.6) is 0 Å². The minimum Gasteiger partial charge on any atom is -0.361 e. The number of H-pyrrole nitrogens is 1. The Morgan fingerprint density at radius 3 is 2.86 bits per heavy atom. The van der Waals surface area contributed by atoms with Gasteiger partial charge in [-0.05, 0) is 30.5 Å². The highest BCUT2D eigenvalue weighted by atomic mass is 32.1. The average Bonchev–Trinajstić information content (AvgIpc) is 3.44. The number of hydrogen-bond acceptors (Lipinski definition) is 7. The number of benzene rings is 1. The Bertz CT molecular complexity index is 1200. The van der Waals surface area contributed by atoms with Gasteiger partial charge in [0.1, 0.15) is 12.2 Å². The molecule has 0 fully saturated rings. The normalized spacial score (nSPS) is 11.3. The van der Waals surface area contributed by atoms with E-state index in [0.717, 1.165) is 40.3 Å². The molecule has 1 aromatic carbocycles. The quantitative estimate of drug-likeness (QED) is 0.408. The maximum Gasteiger partial charge on any atom is 0.226 e. The number of fused-ring (bicyclic) bond motifs is 2. The molecule has 0 amide bonds. The Balaban J connectivity index is 1.52. The van der Waals surface area contributed by atoms with Gasteiger partial charge in [-0.15, -0.1) is 0 Å². The van der Waals surface area contributed by atoms with Gasteiger partial charge in [0, 0.05) is 11.9 Å². The van der Waals surface area contributed by atoms with Crippen molar-refractivity contribution in [2.24, 2.45) is 0 Å². The molecule has 0 aliphatic rings. The molecule has 140 valence electrons. The number of para-hydroxylation sites is 2. The second-order valence-corrected chi connectivity index (χ2v) is 7.03. The van der Waals surface area contributed by atoms with Crippen LogP contribution in [0.25, 0.3) is 27.9 Å². The summed E-state index contributed by atoms with van der Waals surface area (Å²) in [4.78, 5) is 21.7. The summed E-state index contributed by atoms with van der Waals surface area (Å²) in [6.07, 6.45) is 1.78. The minimum atomic E-state index is 0.512. The molecule has 0 atom stereocenters. The molecular weight excluding hydrogens is 372 g/mol. The van der Waals surface area contributed by atoms with E-state index in [1.807, 2.05) is 47.2 Å². The van der Waals surface area contributed by atoms with Gasteiger partial charge in [0.15, 0.2) is 17.0 Å². The van der Waals surface area contributed by atoms with E-state index in [4.69, 9.17) is 0 Å². The molecule has 0 saturated carbocycles. The molecule has 0 unspecified atom stereocenters. The number of aromatic nitrogens is 6. The number of rotatable bonds is 6. The Kier molecular flexibility index (Phi) is 4.13. The van der Waals surface area contributed by atoms with Gasteiger partial charge in [-0.2, -0.15) is 21.3 Å². The largest absolute Gasteiger partial charge is 0.361 e. The van der Waals surface area contributed by atoms with Crippen LogP contribution in [0.2, 0.25) is 0 Å². The van der Waals surface area contributed by atoms with E-state index in [0.29, 0.717) is 18.3 Å². The van der Waals surface area contributed by atoms with E-state index in [9.17, 15) is 0 Å². The summed E-state index contributed by atoms with van der Waals surface area (Å²) in [7, 11) is 0. The van der Waals surface area contributed by atoms with Crippen molar-refractivity contribution >= 4 is 45.3 Å². The number of imidazole rings is 2. The Morgan fingerprint density at radius 2 is 2.04 bits per heavy atom. The van der Waals surface area contributed by atoms with Crippen LogP contribution in [0.4, 0.5) is 11.8 Å². The van der Waals surface area contributed by atoms with Crippen molar-refractivity contribution in [2.45, 2.75) is 13.5 Å². The van der Waals surface area contributed by atoms with Crippen LogP contribution >= 0.6 is 11.3 Å². The van der Waals surface area contributed by atoms with E-state index in [1.165, 1.54) is 0 Å². The zero-order valence-corrected chi connectivity index (χ0v) is 16.0. The maximum atomic E-state index is 4.65. The van der Waals surface area contributed by atoms with Gasteiger partial charge in [-0.25, -0.2) is 9.97 Å². The average molecular weight is 390 g/mol. The number of nitrogens with zero attached hydrogens (tertiary/aromatic N) is 5. The lowest BCUT2D eigenvalue weighted by Gasteiger charge is -2.09. The smallest absolute Gasteiger partial charge is 0.226 e. The zero-order chi connectivity index (χ0) is 18.9. The Morgan fingerprint density at radius 1 is 1.11 bits per heavy atom. The highest BCUT2D eigenvalue weighted by Crippen LogP contribution is 2.25. The summed E-state index contributed by atoms with van der Waals surface area (Å²) in [5.41, 5.74) is 4.49. The molecule has 3 N–H and O–H groups in total. The summed E-state index contributed by atoms with van der Waals surface area (Å²) >= 11 is 1.64. The second-order valence-electron chi connectivity index (χ2n) is 6.25. The molecule has 0 bridgehead atoms. The Labute approximate surface area is 164 Å². The van der Waals surface area contributed by atoms with Gasteiger partial charge in [-0.3, -0.25) is 4.57 Å². The molecule has 4 heterocycles. The van der Waals surface area contributed by atoms with Crippen molar-refractivity contribution in [1.82, 2.24) is 29.5 Å². The third kappa shape index (κ3) is 2.95. The van der Waals surface area contributed by atoms with Gasteiger partial charge in [0.2, 0.25) is 5.95 Å². The highest BCUT2D eigenvalue weighted by Gasteiger charge is 2.15. The van der Waals surface area contributed by atoms with E-state index in [2.05, 4.69) is 40.9 Å². The lowest BCUT2D eigenvalue weighted by Crippen LogP contribution is -2.09. The monoisotopic (exact) mass is 390 g/mol. The molecule has 28 heavy (non-hydrogen) atoms. The van der Waals surface area contributed by atoms with Gasteiger partial charge in [0.25, 0.3) is 0 Å². The molecule has 5 rings (SSSR count). The first kappa shape index (κ1) is 16.7. The standard InChI is InChI=1S/C19H18N8S/c1-2-20-19-25-17(21-9-15-23-13-5-3-4-6-14(13)24-15)16-18(26-19)27(11-22-16)12-7-8-28-10-12/h3-8,10-11H,2,9H2,1H3,(H,23,24)(H2,20,21,25,26). The number of thiophene rings is 1. The van der Waals surface area contributed by atoms with Crippen LogP contribution in [0.3, 0.4) is 0 Å². The fourth-order valence-corrected chi connectivity index (χ4v) is 3.73. The highest BCUT2D eigenvalue weighted by molar-refractivity contribution is 7.08. The SMILES string of the molecule is CCNc1nc(NCc2nc3ccccc3[nH]2)c2ncn(-c3ccsc3)c2n1. The number of anilines is 2. The van der Waals surface area contributed by atoms with Crippen LogP contribution in [-0.4, -0.2) is 36.0 Å². The molecule has 0 aliphatic heterocycles. The van der Waals surface area contributed by atoms with Crippen LogP contribution in [0.15, 0.2) is 47.4 Å². The van der Waals surface area contributed by atoms with Gasteiger partial charge in [0.05, 0.1) is 23.3 Å². The maximum absolute atomic E-state index is 4.65. The third-order valence-electron chi connectivity index (χ3n) is 4.38. The van der Waals surface area contributed by atoms with Gasteiger partial charge >= 0.3 is 0 Å². The molecule has 9 heteroatoms. The molecule has 0 aliphatic carbocycles. The first-order valence-electron chi connectivity index (χ1n) is 9.01. The van der Waals surface area contributed by atoms with Crippen LogP contribution < -0.4 is 10.6 Å². The molecule has 0 saturated heterocycles. The fraction of sp³-hybridized carbons (Fsp3) is 0.158. The van der Waals surface area contributed by atoms with Gasteiger partial charge in [-0.1, -0.05) is 12.1 Å².